The number of nitrogens with zero attached hydrogens (tertiary/aromatic N) is 3. The zero-order chi connectivity index (χ0) is 21.1. The van der Waals surface area contributed by atoms with E-state index in [1.54, 1.807) is 17.2 Å². The van der Waals surface area contributed by atoms with E-state index in [1.807, 2.05) is 23.6 Å². The zero-order valence-corrected chi connectivity index (χ0v) is 17.6. The average molecular weight is 447 g/mol. The first-order valence-corrected chi connectivity index (χ1v) is 10.8. The lowest BCUT2D eigenvalue weighted by atomic mass is 9.86. The number of rotatable bonds is 5. The van der Waals surface area contributed by atoms with Gasteiger partial charge in [-0.05, 0) is 37.1 Å². The normalized spacial score (nSPS) is 15.8. The van der Waals surface area contributed by atoms with Gasteiger partial charge in [-0.1, -0.05) is 23.7 Å². The number of amides is 1. The number of pyridine rings is 1. The molecule has 0 unspecified atom stereocenters. The first kappa shape index (κ1) is 20.7. The molecule has 1 fully saturated rings. The Hall–Kier alpha value is -2.55. The number of halogens is 2. The minimum Gasteiger partial charge on any atom is -0.389 e. The molecular formula is C21H20ClFN4O2S. The van der Waals surface area contributed by atoms with Crippen molar-refractivity contribution in [2.24, 2.45) is 0 Å². The molecule has 0 spiro atoms. The van der Waals surface area contributed by atoms with Crippen LogP contribution in [0.4, 0.5) is 15.3 Å². The van der Waals surface area contributed by atoms with E-state index in [-0.39, 0.29) is 10.6 Å². The molecule has 9 heteroatoms. The predicted octanol–water partition coefficient (Wildman–Crippen LogP) is 4.28. The number of carbonyl (C=O) groups excluding carboxylic acids is 1. The largest absolute Gasteiger partial charge is 0.389 e. The minimum absolute atomic E-state index is 0.0458. The van der Waals surface area contributed by atoms with Crippen molar-refractivity contribution in [3.05, 3.63) is 70.1 Å². The molecule has 0 radical (unpaired) electrons. The van der Waals surface area contributed by atoms with E-state index in [9.17, 15) is 14.3 Å². The maximum absolute atomic E-state index is 14.2. The molecule has 4 rings (SSSR count). The fraction of sp³-hybridized carbons (Fsp3) is 0.286. The molecule has 0 bridgehead atoms. The van der Waals surface area contributed by atoms with Crippen LogP contribution in [0.1, 0.15) is 28.9 Å². The molecule has 0 atom stereocenters. The minimum atomic E-state index is -0.976. The molecule has 30 heavy (non-hydrogen) atoms. The molecule has 6 nitrogen and oxygen atoms in total. The molecule has 1 saturated heterocycles. The maximum atomic E-state index is 14.2. The van der Waals surface area contributed by atoms with Gasteiger partial charge in [0.1, 0.15) is 5.82 Å². The van der Waals surface area contributed by atoms with Crippen LogP contribution in [0.25, 0.3) is 0 Å². The second-order valence-electron chi connectivity index (χ2n) is 7.27. The summed E-state index contributed by atoms with van der Waals surface area (Å²) in [7, 11) is 0. The summed E-state index contributed by atoms with van der Waals surface area (Å²) in [6.45, 7) is 0.663. The number of aliphatic hydroxyl groups is 1. The fourth-order valence-corrected chi connectivity index (χ4v) is 4.23. The highest BCUT2D eigenvalue weighted by Gasteiger charge is 2.35. The van der Waals surface area contributed by atoms with Gasteiger partial charge in [-0.2, -0.15) is 0 Å². The number of carbonyl (C=O) groups is 1. The highest BCUT2D eigenvalue weighted by molar-refractivity contribution is 7.13. The predicted molar refractivity (Wildman–Crippen MR) is 115 cm³/mol. The van der Waals surface area contributed by atoms with Crippen molar-refractivity contribution in [2.75, 3.05) is 18.4 Å². The highest BCUT2D eigenvalue weighted by Crippen LogP contribution is 2.28. The molecule has 1 aliphatic heterocycles. The SMILES string of the molecule is O=C(c1cccc(Cl)c1F)N1CCC(O)(Cc2cccc(Nc3nccs3)n2)CC1. The van der Waals surface area contributed by atoms with Gasteiger partial charge in [-0.3, -0.25) is 4.79 Å². The molecule has 3 heterocycles. The Kier molecular flexibility index (Phi) is 5.99. The Morgan fingerprint density at radius 3 is 2.77 bits per heavy atom. The molecule has 3 aromatic rings. The van der Waals surface area contributed by atoms with Crippen molar-refractivity contribution >= 4 is 39.8 Å². The van der Waals surface area contributed by atoms with Crippen LogP contribution < -0.4 is 5.32 Å². The number of thiazole rings is 1. The monoisotopic (exact) mass is 446 g/mol. The van der Waals surface area contributed by atoms with Crippen molar-refractivity contribution in [1.82, 2.24) is 14.9 Å². The van der Waals surface area contributed by atoms with Crippen LogP contribution in [-0.2, 0) is 6.42 Å². The van der Waals surface area contributed by atoms with E-state index >= 15 is 0 Å². The second kappa shape index (κ2) is 8.67. The zero-order valence-electron chi connectivity index (χ0n) is 16.0. The van der Waals surface area contributed by atoms with E-state index in [4.69, 9.17) is 11.6 Å². The van der Waals surface area contributed by atoms with Crippen molar-refractivity contribution in [1.29, 1.82) is 0 Å². The maximum Gasteiger partial charge on any atom is 0.256 e. The van der Waals surface area contributed by atoms with E-state index in [0.29, 0.717) is 38.2 Å². The van der Waals surface area contributed by atoms with Crippen LogP contribution in [0.2, 0.25) is 5.02 Å². The van der Waals surface area contributed by atoms with E-state index < -0.39 is 17.3 Å². The summed E-state index contributed by atoms with van der Waals surface area (Å²) < 4.78 is 14.2. The Labute approximate surface area is 182 Å². The van der Waals surface area contributed by atoms with Gasteiger partial charge >= 0.3 is 0 Å². The lowest BCUT2D eigenvalue weighted by Crippen LogP contribution is -2.48. The lowest BCUT2D eigenvalue weighted by molar-refractivity contribution is -0.0169. The Morgan fingerprint density at radius 2 is 2.03 bits per heavy atom. The summed E-state index contributed by atoms with van der Waals surface area (Å²) >= 11 is 7.27. The lowest BCUT2D eigenvalue weighted by Gasteiger charge is -2.38. The molecular weight excluding hydrogens is 427 g/mol. The van der Waals surface area contributed by atoms with Gasteiger partial charge in [0.25, 0.3) is 5.91 Å². The number of aromatic nitrogens is 2. The highest BCUT2D eigenvalue weighted by atomic mass is 35.5. The van der Waals surface area contributed by atoms with Gasteiger partial charge in [-0.25, -0.2) is 14.4 Å². The van der Waals surface area contributed by atoms with Gasteiger partial charge in [0.15, 0.2) is 10.9 Å². The van der Waals surface area contributed by atoms with Gasteiger partial charge in [-0.15, -0.1) is 11.3 Å². The number of benzene rings is 1. The van der Waals surface area contributed by atoms with E-state index in [1.165, 1.54) is 23.5 Å². The molecule has 1 amide bonds. The average Bonchev–Trinajstić information content (AvgIpc) is 3.23. The van der Waals surface area contributed by atoms with E-state index in [2.05, 4.69) is 15.3 Å². The first-order valence-electron chi connectivity index (χ1n) is 9.52. The third-order valence-corrected chi connectivity index (χ3v) is 6.13. The molecule has 0 saturated carbocycles. The van der Waals surface area contributed by atoms with Crippen molar-refractivity contribution in [3.8, 4) is 0 Å². The van der Waals surface area contributed by atoms with Crippen LogP contribution >= 0.6 is 22.9 Å². The summed E-state index contributed by atoms with van der Waals surface area (Å²) in [5.41, 5.74) is -0.272. The molecule has 1 aliphatic rings. The molecule has 2 N–H and O–H groups in total. The standard InChI is InChI=1S/C21H20ClFN4O2S/c22-16-5-2-4-15(18(16)23)19(28)27-10-7-21(29,8-11-27)13-14-3-1-6-17(25-14)26-20-24-9-12-30-20/h1-6,9,12,29H,7-8,10-11,13H2,(H,24,25,26). The Balaban J connectivity index is 1.39. The number of likely N-dealkylation sites (tertiary alicyclic amines) is 1. The number of piperidine rings is 1. The van der Waals surface area contributed by atoms with Crippen molar-refractivity contribution in [2.45, 2.75) is 24.9 Å². The number of nitrogens with one attached hydrogen (secondary N) is 1. The molecule has 0 aliphatic carbocycles. The molecule has 156 valence electrons. The Morgan fingerprint density at radius 1 is 1.27 bits per heavy atom. The van der Waals surface area contributed by atoms with Gasteiger partial charge in [0.05, 0.1) is 16.2 Å². The molecule has 2 aromatic heterocycles. The summed E-state index contributed by atoms with van der Waals surface area (Å²) in [6.07, 6.45) is 2.84. The van der Waals surface area contributed by atoms with Gasteiger partial charge in [0, 0.05) is 36.8 Å². The molecule has 1 aromatic carbocycles. The van der Waals surface area contributed by atoms with Gasteiger partial charge < -0.3 is 15.3 Å². The fourth-order valence-electron chi connectivity index (χ4n) is 3.52. The second-order valence-corrected chi connectivity index (χ2v) is 8.57. The van der Waals surface area contributed by atoms with Gasteiger partial charge in [0.2, 0.25) is 0 Å². The van der Waals surface area contributed by atoms with Crippen LogP contribution in [0.15, 0.2) is 48.0 Å². The van der Waals surface area contributed by atoms with Crippen molar-refractivity contribution < 1.29 is 14.3 Å². The first-order chi connectivity index (χ1) is 14.4. The van der Waals surface area contributed by atoms with Crippen LogP contribution in [0.3, 0.4) is 0 Å². The van der Waals surface area contributed by atoms with Crippen LogP contribution in [0, 0.1) is 5.82 Å². The third kappa shape index (κ3) is 4.61. The summed E-state index contributed by atoms with van der Waals surface area (Å²) in [5, 5.41) is 16.7. The van der Waals surface area contributed by atoms with Crippen molar-refractivity contribution in [3.63, 3.8) is 0 Å². The summed E-state index contributed by atoms with van der Waals surface area (Å²) in [4.78, 5) is 22.9. The third-order valence-electron chi connectivity index (χ3n) is 5.15. The number of hydrogen-bond acceptors (Lipinski definition) is 6. The summed E-state index contributed by atoms with van der Waals surface area (Å²) in [5.74, 6) is -0.460. The summed E-state index contributed by atoms with van der Waals surface area (Å²) in [6, 6.07) is 9.97. The smallest absolute Gasteiger partial charge is 0.256 e. The Bertz CT molecular complexity index is 1040. The van der Waals surface area contributed by atoms with Crippen LogP contribution in [0.5, 0.6) is 0 Å². The topological polar surface area (TPSA) is 78.4 Å². The van der Waals surface area contributed by atoms with E-state index in [0.717, 1.165) is 10.8 Å². The quantitative estimate of drug-likeness (QED) is 0.611. The van der Waals surface area contributed by atoms with Crippen LogP contribution in [-0.4, -0.2) is 44.6 Å². The number of anilines is 2. The number of hydrogen-bond donors (Lipinski definition) is 2.